The molecule has 8 heteroatoms. The SMILES string of the molecule is COC(=O)C1CCCCN1C(=O)COc1cc2oc(=O)c3c(c2cc1Cl)CCC3. The van der Waals surface area contributed by atoms with E-state index in [0.29, 0.717) is 23.6 Å². The first-order valence-electron chi connectivity index (χ1n) is 9.78. The summed E-state index contributed by atoms with van der Waals surface area (Å²) in [6.07, 6.45) is 4.72. The fourth-order valence-corrected chi connectivity index (χ4v) is 4.45. The van der Waals surface area contributed by atoms with Crippen molar-refractivity contribution in [1.29, 1.82) is 0 Å². The molecule has 1 aromatic heterocycles. The highest BCUT2D eigenvalue weighted by Gasteiger charge is 2.33. The van der Waals surface area contributed by atoms with Crippen LogP contribution in [0.25, 0.3) is 11.0 Å². The number of likely N-dealkylation sites (tertiary alicyclic amines) is 1. The van der Waals surface area contributed by atoms with E-state index in [-0.39, 0.29) is 23.9 Å². The number of halogens is 1. The van der Waals surface area contributed by atoms with Gasteiger partial charge in [0, 0.05) is 23.6 Å². The number of carbonyl (C=O) groups is 2. The van der Waals surface area contributed by atoms with E-state index in [4.69, 9.17) is 25.5 Å². The Kier molecular flexibility index (Phi) is 5.50. The topological polar surface area (TPSA) is 86.1 Å². The van der Waals surface area contributed by atoms with E-state index in [2.05, 4.69) is 0 Å². The first-order valence-corrected chi connectivity index (χ1v) is 10.2. The fraction of sp³-hybridized carbons (Fsp3) is 0.476. The number of methoxy groups -OCH3 is 1. The molecule has 1 aromatic carbocycles. The predicted molar refractivity (Wildman–Crippen MR) is 106 cm³/mol. The predicted octanol–water partition coefficient (Wildman–Crippen LogP) is 2.87. The van der Waals surface area contributed by atoms with Gasteiger partial charge in [0.2, 0.25) is 0 Å². The van der Waals surface area contributed by atoms with E-state index >= 15 is 0 Å². The number of amides is 1. The van der Waals surface area contributed by atoms with Gasteiger partial charge in [-0.1, -0.05) is 11.6 Å². The van der Waals surface area contributed by atoms with Crippen molar-refractivity contribution in [3.05, 3.63) is 38.7 Å². The van der Waals surface area contributed by atoms with Gasteiger partial charge in [-0.3, -0.25) is 4.79 Å². The Balaban J connectivity index is 1.54. The lowest BCUT2D eigenvalue weighted by molar-refractivity contribution is -0.155. The van der Waals surface area contributed by atoms with E-state index in [1.807, 2.05) is 0 Å². The molecule has 2 aromatic rings. The van der Waals surface area contributed by atoms with Crippen LogP contribution < -0.4 is 10.4 Å². The van der Waals surface area contributed by atoms with E-state index in [9.17, 15) is 14.4 Å². The van der Waals surface area contributed by atoms with Crippen LogP contribution in [-0.2, 0) is 27.2 Å². The first-order chi connectivity index (χ1) is 14.0. The van der Waals surface area contributed by atoms with E-state index in [1.54, 1.807) is 12.1 Å². The molecule has 0 radical (unpaired) electrons. The van der Waals surface area contributed by atoms with Crippen LogP contribution in [0.3, 0.4) is 0 Å². The van der Waals surface area contributed by atoms with Crippen LogP contribution in [0.5, 0.6) is 5.75 Å². The highest BCUT2D eigenvalue weighted by molar-refractivity contribution is 6.32. The first kappa shape index (κ1) is 19.8. The molecule has 29 heavy (non-hydrogen) atoms. The number of hydrogen-bond donors (Lipinski definition) is 0. The minimum atomic E-state index is -0.586. The van der Waals surface area contributed by atoms with E-state index in [1.165, 1.54) is 12.0 Å². The molecule has 0 spiro atoms. The number of nitrogens with zero attached hydrogens (tertiary/aromatic N) is 1. The molecule has 7 nitrogen and oxygen atoms in total. The van der Waals surface area contributed by atoms with Gasteiger partial charge in [0.05, 0.1) is 12.1 Å². The summed E-state index contributed by atoms with van der Waals surface area (Å²) in [5, 5.41) is 1.15. The Hall–Kier alpha value is -2.54. The number of rotatable bonds is 4. The number of piperidine rings is 1. The number of ether oxygens (including phenoxy) is 2. The van der Waals surface area contributed by atoms with Crippen LogP contribution in [0.4, 0.5) is 0 Å². The van der Waals surface area contributed by atoms with Crippen molar-refractivity contribution in [2.24, 2.45) is 0 Å². The second-order valence-electron chi connectivity index (χ2n) is 7.39. The van der Waals surface area contributed by atoms with E-state index in [0.717, 1.165) is 48.6 Å². The van der Waals surface area contributed by atoms with Crippen LogP contribution >= 0.6 is 11.6 Å². The quantitative estimate of drug-likeness (QED) is 0.559. The number of esters is 1. The highest BCUT2D eigenvalue weighted by atomic mass is 35.5. The third-order valence-electron chi connectivity index (χ3n) is 5.67. The molecule has 2 heterocycles. The van der Waals surface area contributed by atoms with Crippen molar-refractivity contribution in [2.75, 3.05) is 20.3 Å². The summed E-state index contributed by atoms with van der Waals surface area (Å²) in [6.45, 7) is 0.211. The Morgan fingerprint density at radius 2 is 2.00 bits per heavy atom. The number of carbonyl (C=O) groups excluding carboxylic acids is 2. The lowest BCUT2D eigenvalue weighted by atomic mass is 10.0. The summed E-state index contributed by atoms with van der Waals surface area (Å²) in [7, 11) is 1.31. The summed E-state index contributed by atoms with van der Waals surface area (Å²) in [4.78, 5) is 38.3. The Morgan fingerprint density at radius 1 is 1.21 bits per heavy atom. The summed E-state index contributed by atoms with van der Waals surface area (Å²) >= 11 is 6.37. The van der Waals surface area contributed by atoms with Gasteiger partial charge in [-0.2, -0.15) is 0 Å². The van der Waals surface area contributed by atoms with Crippen molar-refractivity contribution < 1.29 is 23.5 Å². The Labute approximate surface area is 172 Å². The summed E-state index contributed by atoms with van der Waals surface area (Å²) in [6, 6.07) is 2.69. The smallest absolute Gasteiger partial charge is 0.339 e. The lowest BCUT2D eigenvalue weighted by Gasteiger charge is -2.33. The minimum Gasteiger partial charge on any atom is -0.482 e. The third-order valence-corrected chi connectivity index (χ3v) is 5.97. The summed E-state index contributed by atoms with van der Waals surface area (Å²) in [5.74, 6) is -0.468. The maximum Gasteiger partial charge on any atom is 0.339 e. The second-order valence-corrected chi connectivity index (χ2v) is 7.80. The van der Waals surface area contributed by atoms with Crippen LogP contribution in [0.15, 0.2) is 21.3 Å². The van der Waals surface area contributed by atoms with Gasteiger partial charge >= 0.3 is 11.6 Å². The monoisotopic (exact) mass is 419 g/mol. The van der Waals surface area contributed by atoms with Crippen LogP contribution in [-0.4, -0.2) is 43.1 Å². The maximum atomic E-state index is 12.7. The molecule has 1 atom stereocenters. The Morgan fingerprint density at radius 3 is 2.79 bits per heavy atom. The average molecular weight is 420 g/mol. The lowest BCUT2D eigenvalue weighted by Crippen LogP contribution is -2.50. The number of aryl methyl sites for hydroxylation is 1. The van der Waals surface area contributed by atoms with Gasteiger partial charge in [-0.25, -0.2) is 9.59 Å². The largest absolute Gasteiger partial charge is 0.482 e. The van der Waals surface area contributed by atoms with Crippen molar-refractivity contribution in [3.63, 3.8) is 0 Å². The van der Waals surface area contributed by atoms with Gasteiger partial charge in [0.1, 0.15) is 17.4 Å². The molecule has 1 amide bonds. The number of fused-ring (bicyclic) bond motifs is 3. The van der Waals surface area contributed by atoms with Crippen LogP contribution in [0.2, 0.25) is 5.02 Å². The molecule has 1 aliphatic heterocycles. The van der Waals surface area contributed by atoms with Gasteiger partial charge in [0.15, 0.2) is 6.61 Å². The van der Waals surface area contributed by atoms with Crippen molar-refractivity contribution in [3.8, 4) is 5.75 Å². The zero-order valence-electron chi connectivity index (χ0n) is 16.2. The molecular weight excluding hydrogens is 398 g/mol. The fourth-order valence-electron chi connectivity index (χ4n) is 4.23. The standard InChI is InChI=1S/C21H22ClNO6/c1-27-21(26)16-7-2-3-8-23(16)19(24)11-28-18-10-17-14(9-15(18)22)12-5-4-6-13(12)20(25)29-17/h9-10,16H,2-8,11H2,1H3. The Bertz CT molecular complexity index is 1030. The zero-order chi connectivity index (χ0) is 20.5. The second kappa shape index (κ2) is 8.06. The third kappa shape index (κ3) is 3.71. The van der Waals surface area contributed by atoms with Gasteiger partial charge in [-0.05, 0) is 50.2 Å². The molecule has 2 aliphatic rings. The highest BCUT2D eigenvalue weighted by Crippen LogP contribution is 2.34. The molecule has 0 N–H and O–H groups in total. The molecule has 154 valence electrons. The minimum absolute atomic E-state index is 0.264. The van der Waals surface area contributed by atoms with Gasteiger partial charge < -0.3 is 18.8 Å². The van der Waals surface area contributed by atoms with Gasteiger partial charge in [-0.15, -0.1) is 0 Å². The maximum absolute atomic E-state index is 12.7. The van der Waals surface area contributed by atoms with Crippen molar-refractivity contribution >= 4 is 34.4 Å². The van der Waals surface area contributed by atoms with Gasteiger partial charge in [0.25, 0.3) is 5.91 Å². The summed E-state index contributed by atoms with van der Waals surface area (Å²) in [5.41, 5.74) is 1.77. The number of benzene rings is 1. The molecular formula is C21H22ClNO6. The van der Waals surface area contributed by atoms with Crippen molar-refractivity contribution in [2.45, 2.75) is 44.6 Å². The zero-order valence-corrected chi connectivity index (χ0v) is 16.9. The van der Waals surface area contributed by atoms with E-state index < -0.39 is 12.0 Å². The molecule has 1 fully saturated rings. The average Bonchev–Trinajstić information content (AvgIpc) is 3.23. The molecule has 4 rings (SSSR count). The molecule has 1 saturated heterocycles. The van der Waals surface area contributed by atoms with Crippen LogP contribution in [0, 0.1) is 0 Å². The number of hydrogen-bond acceptors (Lipinski definition) is 6. The summed E-state index contributed by atoms with van der Waals surface area (Å²) < 4.78 is 15.9. The molecule has 1 unspecified atom stereocenters. The molecule has 0 saturated carbocycles. The normalized spacial score (nSPS) is 18.6. The van der Waals surface area contributed by atoms with Crippen molar-refractivity contribution in [1.82, 2.24) is 4.90 Å². The molecule has 1 aliphatic carbocycles. The molecule has 0 bridgehead atoms. The van der Waals surface area contributed by atoms with Crippen LogP contribution in [0.1, 0.15) is 36.8 Å².